The van der Waals surface area contributed by atoms with Gasteiger partial charge in [-0.05, 0) is 12.8 Å². The van der Waals surface area contributed by atoms with Crippen molar-refractivity contribution in [1.82, 2.24) is 0 Å². The molecule has 0 spiro atoms. The van der Waals surface area contributed by atoms with Crippen LogP contribution >= 0.6 is 11.6 Å². The van der Waals surface area contributed by atoms with Gasteiger partial charge in [-0.1, -0.05) is 23.7 Å². The summed E-state index contributed by atoms with van der Waals surface area (Å²) in [5, 5.41) is 3.61. The van der Waals surface area contributed by atoms with E-state index in [4.69, 9.17) is 16.3 Å². The second kappa shape index (κ2) is 4.67. The fourth-order valence-electron chi connectivity index (χ4n) is 1.24. The van der Waals surface area contributed by atoms with E-state index in [2.05, 4.69) is 9.44 Å². The number of ether oxygens (including phenoxy) is 1. The quantitative estimate of drug-likeness (QED) is 0.564. The van der Waals surface area contributed by atoms with Gasteiger partial charge in [-0.3, -0.25) is 4.28 Å². The maximum Gasteiger partial charge on any atom is 0.325 e. The topological polar surface area (TPSA) is 65.0 Å². The number of halogens is 1. The first kappa shape index (κ1) is 12.7. The summed E-state index contributed by atoms with van der Waals surface area (Å²) >= 11 is 5.91. The molecular weight excluding hydrogens is 242 g/mol. The third kappa shape index (κ3) is 3.96. The Morgan fingerprint density at radius 2 is 2.00 bits per heavy atom. The Balaban J connectivity index is 2.69. The standard InChI is InChI=1S/C8H14ClNO4S/c1-8(3-5-13-6-4-8)7(9)10-14-15(2,11)12/h3-6H2,1-2H3/b10-7-. The van der Waals surface area contributed by atoms with Crippen LogP contribution in [0.25, 0.3) is 0 Å². The van der Waals surface area contributed by atoms with Crippen molar-refractivity contribution >= 4 is 26.9 Å². The molecule has 0 radical (unpaired) electrons. The summed E-state index contributed by atoms with van der Waals surface area (Å²) in [5.74, 6) is 0. The van der Waals surface area contributed by atoms with E-state index in [1.807, 2.05) is 6.92 Å². The molecule has 0 aromatic heterocycles. The SMILES string of the molecule is CC1(/C(Cl)=N/OS(C)(=O)=O)CCOCC1. The van der Waals surface area contributed by atoms with Crippen molar-refractivity contribution in [2.24, 2.45) is 10.6 Å². The summed E-state index contributed by atoms with van der Waals surface area (Å²) in [6.07, 6.45) is 2.35. The molecule has 88 valence electrons. The molecule has 1 fully saturated rings. The highest BCUT2D eigenvalue weighted by Gasteiger charge is 2.33. The van der Waals surface area contributed by atoms with Crippen molar-refractivity contribution in [3.8, 4) is 0 Å². The largest absolute Gasteiger partial charge is 0.381 e. The first-order valence-electron chi connectivity index (χ1n) is 4.54. The number of rotatable bonds is 3. The first-order chi connectivity index (χ1) is 6.83. The van der Waals surface area contributed by atoms with E-state index in [1.54, 1.807) is 0 Å². The highest BCUT2D eigenvalue weighted by atomic mass is 35.5. The van der Waals surface area contributed by atoms with E-state index < -0.39 is 10.1 Å². The van der Waals surface area contributed by atoms with Crippen LogP contribution in [-0.4, -0.2) is 33.1 Å². The van der Waals surface area contributed by atoms with Gasteiger partial charge in [-0.25, -0.2) is 0 Å². The molecule has 1 aliphatic heterocycles. The van der Waals surface area contributed by atoms with Crippen LogP contribution in [0.5, 0.6) is 0 Å². The van der Waals surface area contributed by atoms with Crippen LogP contribution in [0.4, 0.5) is 0 Å². The summed E-state index contributed by atoms with van der Waals surface area (Å²) in [6, 6.07) is 0. The summed E-state index contributed by atoms with van der Waals surface area (Å²) < 4.78 is 30.9. The van der Waals surface area contributed by atoms with Gasteiger partial charge in [0.05, 0.1) is 6.26 Å². The summed E-state index contributed by atoms with van der Waals surface area (Å²) in [7, 11) is -3.59. The summed E-state index contributed by atoms with van der Waals surface area (Å²) in [5.41, 5.74) is -0.343. The number of nitrogens with zero attached hydrogens (tertiary/aromatic N) is 1. The molecule has 1 heterocycles. The molecule has 7 heteroatoms. The lowest BCUT2D eigenvalue weighted by molar-refractivity contribution is 0.0526. The molecule has 1 aliphatic rings. The van der Waals surface area contributed by atoms with Crippen molar-refractivity contribution in [3.63, 3.8) is 0 Å². The molecule has 0 atom stereocenters. The minimum Gasteiger partial charge on any atom is -0.381 e. The third-order valence-electron chi connectivity index (χ3n) is 2.35. The Morgan fingerprint density at radius 3 is 2.47 bits per heavy atom. The van der Waals surface area contributed by atoms with Crippen molar-refractivity contribution in [1.29, 1.82) is 0 Å². The van der Waals surface area contributed by atoms with Crippen LogP contribution in [0.2, 0.25) is 0 Å². The lowest BCUT2D eigenvalue weighted by atomic mass is 9.84. The zero-order valence-corrected chi connectivity index (χ0v) is 10.3. The Morgan fingerprint density at radius 1 is 1.47 bits per heavy atom. The average Bonchev–Trinajstić information content (AvgIpc) is 2.14. The molecule has 0 unspecified atom stereocenters. The predicted molar refractivity (Wildman–Crippen MR) is 57.4 cm³/mol. The molecule has 5 nitrogen and oxygen atoms in total. The fraction of sp³-hybridized carbons (Fsp3) is 0.875. The van der Waals surface area contributed by atoms with Gasteiger partial charge in [0.2, 0.25) is 0 Å². The van der Waals surface area contributed by atoms with E-state index in [-0.39, 0.29) is 10.6 Å². The van der Waals surface area contributed by atoms with Gasteiger partial charge < -0.3 is 4.74 Å². The second-order valence-electron chi connectivity index (χ2n) is 3.83. The van der Waals surface area contributed by atoms with Gasteiger partial charge in [0.25, 0.3) is 0 Å². The maximum absolute atomic E-state index is 10.7. The Hall–Kier alpha value is -0.330. The smallest absolute Gasteiger partial charge is 0.325 e. The average molecular weight is 256 g/mol. The Bertz CT molecular complexity index is 346. The van der Waals surface area contributed by atoms with Crippen LogP contribution in [-0.2, 0) is 19.1 Å². The normalized spacial score (nSPS) is 22.5. The second-order valence-corrected chi connectivity index (χ2v) is 5.75. The van der Waals surface area contributed by atoms with Crippen LogP contribution in [0, 0.1) is 5.41 Å². The van der Waals surface area contributed by atoms with Crippen LogP contribution in [0.1, 0.15) is 19.8 Å². The van der Waals surface area contributed by atoms with Gasteiger partial charge in [0.1, 0.15) is 0 Å². The molecule has 1 saturated heterocycles. The minimum absolute atomic E-state index is 0.177. The first-order valence-corrected chi connectivity index (χ1v) is 6.73. The molecule has 0 aromatic carbocycles. The van der Waals surface area contributed by atoms with E-state index in [9.17, 15) is 8.42 Å². The van der Waals surface area contributed by atoms with Crippen molar-refractivity contribution in [3.05, 3.63) is 0 Å². The fourth-order valence-corrected chi connectivity index (χ4v) is 1.71. The summed E-state index contributed by atoms with van der Waals surface area (Å²) in [6.45, 7) is 3.11. The van der Waals surface area contributed by atoms with E-state index in [0.29, 0.717) is 26.1 Å². The highest BCUT2D eigenvalue weighted by molar-refractivity contribution is 7.85. The van der Waals surface area contributed by atoms with Gasteiger partial charge in [-0.2, -0.15) is 8.42 Å². The van der Waals surface area contributed by atoms with Crippen LogP contribution in [0.3, 0.4) is 0 Å². The van der Waals surface area contributed by atoms with Crippen LogP contribution in [0.15, 0.2) is 5.16 Å². The maximum atomic E-state index is 10.7. The van der Waals surface area contributed by atoms with Gasteiger partial charge in [-0.15, -0.1) is 0 Å². The lowest BCUT2D eigenvalue weighted by Gasteiger charge is -2.31. The van der Waals surface area contributed by atoms with Crippen molar-refractivity contribution in [2.45, 2.75) is 19.8 Å². The summed E-state index contributed by atoms with van der Waals surface area (Å²) in [4.78, 5) is 0. The third-order valence-corrected chi connectivity index (χ3v) is 3.22. The Kier molecular flexibility index (Phi) is 3.97. The van der Waals surface area contributed by atoms with Gasteiger partial charge >= 0.3 is 10.1 Å². The molecule has 1 rings (SSSR count). The zero-order valence-electron chi connectivity index (χ0n) is 8.69. The van der Waals surface area contributed by atoms with Gasteiger partial charge in [0.15, 0.2) is 5.17 Å². The van der Waals surface area contributed by atoms with Crippen molar-refractivity contribution in [2.75, 3.05) is 19.5 Å². The molecular formula is C8H14ClNO4S. The van der Waals surface area contributed by atoms with Crippen LogP contribution < -0.4 is 0 Å². The molecule has 0 aromatic rings. The lowest BCUT2D eigenvalue weighted by Crippen LogP contribution is -2.32. The van der Waals surface area contributed by atoms with E-state index >= 15 is 0 Å². The zero-order chi connectivity index (χ0) is 11.5. The molecule has 15 heavy (non-hydrogen) atoms. The number of hydrogen-bond acceptors (Lipinski definition) is 5. The van der Waals surface area contributed by atoms with Crippen molar-refractivity contribution < 1.29 is 17.4 Å². The highest BCUT2D eigenvalue weighted by Crippen LogP contribution is 2.33. The molecule has 0 saturated carbocycles. The molecule has 0 bridgehead atoms. The Labute approximate surface area is 94.5 Å². The van der Waals surface area contributed by atoms with E-state index in [1.165, 1.54) is 0 Å². The molecule has 0 aliphatic carbocycles. The minimum atomic E-state index is -3.59. The molecule has 0 N–H and O–H groups in total. The van der Waals surface area contributed by atoms with Gasteiger partial charge in [0, 0.05) is 18.6 Å². The predicted octanol–water partition coefficient (Wildman–Crippen LogP) is 1.33. The van der Waals surface area contributed by atoms with E-state index in [0.717, 1.165) is 6.26 Å². The molecule has 0 amide bonds. The number of hydrogen-bond donors (Lipinski definition) is 0. The monoisotopic (exact) mass is 255 g/mol. The number of oxime groups is 1.